The van der Waals surface area contributed by atoms with Crippen molar-refractivity contribution in [3.05, 3.63) is 21.9 Å². The normalized spacial score (nSPS) is 12.9. The molecule has 1 rings (SSSR count). The number of carboxylic acid groups (broad SMARTS) is 1. The number of nitrogens with one attached hydrogen (secondary N) is 1. The molecule has 0 saturated heterocycles. The highest BCUT2D eigenvalue weighted by Crippen LogP contribution is 2.17. The molecule has 0 spiro atoms. The first-order valence-electron chi connectivity index (χ1n) is 6.06. The van der Waals surface area contributed by atoms with Crippen molar-refractivity contribution in [2.75, 3.05) is 0 Å². The maximum absolute atomic E-state index is 11.1. The summed E-state index contributed by atoms with van der Waals surface area (Å²) >= 11 is 1.75. The number of carboxylic acids is 1. The third kappa shape index (κ3) is 4.88. The Morgan fingerprint density at radius 1 is 1.41 bits per heavy atom. The number of hydrogen-bond acceptors (Lipinski definition) is 3. The molecular formula is C13H21NO2S. The summed E-state index contributed by atoms with van der Waals surface area (Å²) in [6.45, 7) is 6.85. The van der Waals surface area contributed by atoms with E-state index in [4.69, 9.17) is 5.11 Å². The number of aliphatic carboxylic acids is 1. The molecule has 1 unspecified atom stereocenters. The van der Waals surface area contributed by atoms with Crippen molar-refractivity contribution < 1.29 is 9.90 Å². The molecule has 0 saturated carbocycles. The maximum Gasteiger partial charge on any atom is 0.320 e. The van der Waals surface area contributed by atoms with Gasteiger partial charge in [0.1, 0.15) is 6.04 Å². The van der Waals surface area contributed by atoms with Crippen molar-refractivity contribution in [1.82, 2.24) is 5.32 Å². The average molecular weight is 255 g/mol. The van der Waals surface area contributed by atoms with Gasteiger partial charge < -0.3 is 5.11 Å². The Morgan fingerprint density at radius 3 is 2.53 bits per heavy atom. The lowest BCUT2D eigenvalue weighted by Gasteiger charge is -2.15. The standard InChI is InChI=1S/C13H21NO2S/c1-4-10-5-6-11(17-10)8-14-12(13(15)16)7-9(2)3/h5-6,9,12,14H,4,7-8H2,1-3H3,(H,15,16). The second kappa shape index (κ2) is 6.77. The van der Waals surface area contributed by atoms with Gasteiger partial charge in [-0.15, -0.1) is 11.3 Å². The highest BCUT2D eigenvalue weighted by atomic mass is 32.1. The second-order valence-corrected chi connectivity index (χ2v) is 5.88. The summed E-state index contributed by atoms with van der Waals surface area (Å²) in [7, 11) is 0. The molecule has 1 aromatic rings. The quantitative estimate of drug-likeness (QED) is 0.787. The topological polar surface area (TPSA) is 49.3 Å². The van der Waals surface area contributed by atoms with Crippen molar-refractivity contribution in [2.45, 2.75) is 46.2 Å². The molecule has 3 nitrogen and oxygen atoms in total. The zero-order valence-corrected chi connectivity index (χ0v) is 11.5. The van der Waals surface area contributed by atoms with Crippen LogP contribution in [-0.2, 0) is 17.8 Å². The van der Waals surface area contributed by atoms with Gasteiger partial charge in [0.15, 0.2) is 0 Å². The molecule has 0 aliphatic heterocycles. The van der Waals surface area contributed by atoms with Crippen LogP contribution in [0.3, 0.4) is 0 Å². The molecular weight excluding hydrogens is 234 g/mol. The number of hydrogen-bond donors (Lipinski definition) is 2. The molecule has 2 N–H and O–H groups in total. The Kier molecular flexibility index (Phi) is 5.65. The van der Waals surface area contributed by atoms with Crippen molar-refractivity contribution in [2.24, 2.45) is 5.92 Å². The van der Waals surface area contributed by atoms with Crippen LogP contribution in [-0.4, -0.2) is 17.1 Å². The minimum absolute atomic E-state index is 0.387. The first-order valence-corrected chi connectivity index (χ1v) is 6.88. The van der Waals surface area contributed by atoms with Gasteiger partial charge in [-0.25, -0.2) is 0 Å². The van der Waals surface area contributed by atoms with E-state index in [-0.39, 0.29) is 0 Å². The number of carbonyl (C=O) groups is 1. The summed E-state index contributed by atoms with van der Waals surface area (Å²) in [5.41, 5.74) is 0. The number of aryl methyl sites for hydroxylation is 1. The van der Waals surface area contributed by atoms with E-state index in [1.165, 1.54) is 9.75 Å². The molecule has 0 amide bonds. The van der Waals surface area contributed by atoms with E-state index in [0.29, 0.717) is 18.9 Å². The largest absolute Gasteiger partial charge is 0.480 e. The highest BCUT2D eigenvalue weighted by molar-refractivity contribution is 7.11. The molecule has 0 bridgehead atoms. The summed E-state index contributed by atoms with van der Waals surface area (Å²) in [5.74, 6) is -0.371. The Morgan fingerprint density at radius 2 is 2.06 bits per heavy atom. The molecule has 96 valence electrons. The fourth-order valence-corrected chi connectivity index (χ4v) is 2.58. The van der Waals surface area contributed by atoms with Crippen LogP contribution in [0.5, 0.6) is 0 Å². The lowest BCUT2D eigenvalue weighted by molar-refractivity contribution is -0.139. The predicted molar refractivity (Wildman–Crippen MR) is 71.4 cm³/mol. The fourth-order valence-electron chi connectivity index (χ4n) is 1.67. The van der Waals surface area contributed by atoms with E-state index in [1.54, 1.807) is 11.3 Å². The van der Waals surface area contributed by atoms with Gasteiger partial charge in [0.05, 0.1) is 0 Å². The van der Waals surface area contributed by atoms with E-state index in [0.717, 1.165) is 6.42 Å². The highest BCUT2D eigenvalue weighted by Gasteiger charge is 2.18. The van der Waals surface area contributed by atoms with E-state index in [2.05, 4.69) is 24.4 Å². The summed E-state index contributed by atoms with van der Waals surface area (Å²) < 4.78 is 0. The van der Waals surface area contributed by atoms with Gasteiger partial charge in [0, 0.05) is 16.3 Å². The summed E-state index contributed by atoms with van der Waals surface area (Å²) in [5, 5.41) is 12.2. The lowest BCUT2D eigenvalue weighted by Crippen LogP contribution is -2.37. The van der Waals surface area contributed by atoms with Crippen molar-refractivity contribution in [3.8, 4) is 0 Å². The molecule has 0 aliphatic carbocycles. The Balaban J connectivity index is 2.48. The van der Waals surface area contributed by atoms with Crippen LogP contribution in [0.15, 0.2) is 12.1 Å². The van der Waals surface area contributed by atoms with Crippen LogP contribution in [0.2, 0.25) is 0 Å². The van der Waals surface area contributed by atoms with Gasteiger partial charge in [-0.3, -0.25) is 10.1 Å². The first kappa shape index (κ1) is 14.2. The Bertz CT molecular complexity index is 360. The third-order valence-corrected chi connectivity index (χ3v) is 3.82. The first-order chi connectivity index (χ1) is 8.02. The van der Waals surface area contributed by atoms with Crippen molar-refractivity contribution in [1.29, 1.82) is 0 Å². The molecule has 4 heteroatoms. The van der Waals surface area contributed by atoms with Crippen molar-refractivity contribution in [3.63, 3.8) is 0 Å². The summed E-state index contributed by atoms with van der Waals surface area (Å²) in [6, 6.07) is 3.74. The van der Waals surface area contributed by atoms with E-state index < -0.39 is 12.0 Å². The lowest BCUT2D eigenvalue weighted by atomic mass is 10.0. The molecule has 1 atom stereocenters. The van der Waals surface area contributed by atoms with Crippen LogP contribution in [0.4, 0.5) is 0 Å². The van der Waals surface area contributed by atoms with Crippen LogP contribution in [0.25, 0.3) is 0 Å². The SMILES string of the molecule is CCc1ccc(CNC(CC(C)C)C(=O)O)s1. The molecule has 0 fully saturated rings. The van der Waals surface area contributed by atoms with Crippen LogP contribution in [0.1, 0.15) is 36.9 Å². The maximum atomic E-state index is 11.1. The van der Waals surface area contributed by atoms with Gasteiger partial charge in [-0.2, -0.15) is 0 Å². The molecule has 1 heterocycles. The van der Waals surface area contributed by atoms with E-state index in [9.17, 15) is 4.79 Å². The summed E-state index contributed by atoms with van der Waals surface area (Å²) in [4.78, 5) is 13.6. The van der Waals surface area contributed by atoms with Crippen LogP contribution >= 0.6 is 11.3 Å². The molecule has 0 aromatic carbocycles. The monoisotopic (exact) mass is 255 g/mol. The van der Waals surface area contributed by atoms with E-state index in [1.807, 2.05) is 13.8 Å². The van der Waals surface area contributed by atoms with Gasteiger partial charge in [-0.05, 0) is 30.9 Å². The minimum atomic E-state index is -0.758. The smallest absolute Gasteiger partial charge is 0.320 e. The molecule has 17 heavy (non-hydrogen) atoms. The molecule has 1 aromatic heterocycles. The fraction of sp³-hybridized carbons (Fsp3) is 0.615. The predicted octanol–water partition coefficient (Wildman–Crippen LogP) is 2.90. The summed E-state index contributed by atoms with van der Waals surface area (Å²) in [6.07, 6.45) is 1.71. The Hall–Kier alpha value is -0.870. The van der Waals surface area contributed by atoms with Gasteiger partial charge in [0.2, 0.25) is 0 Å². The minimum Gasteiger partial charge on any atom is -0.480 e. The average Bonchev–Trinajstić information content (AvgIpc) is 2.71. The zero-order chi connectivity index (χ0) is 12.8. The van der Waals surface area contributed by atoms with E-state index >= 15 is 0 Å². The molecule has 0 aliphatic rings. The van der Waals surface area contributed by atoms with Gasteiger partial charge in [-0.1, -0.05) is 20.8 Å². The third-order valence-electron chi connectivity index (χ3n) is 2.59. The zero-order valence-electron chi connectivity index (χ0n) is 10.7. The van der Waals surface area contributed by atoms with Crippen molar-refractivity contribution >= 4 is 17.3 Å². The Labute approximate surface area is 107 Å². The van der Waals surface area contributed by atoms with Crippen LogP contribution in [0, 0.1) is 5.92 Å². The molecule has 0 radical (unpaired) electrons. The number of thiophene rings is 1. The van der Waals surface area contributed by atoms with Gasteiger partial charge >= 0.3 is 5.97 Å². The number of rotatable bonds is 7. The van der Waals surface area contributed by atoms with Crippen LogP contribution < -0.4 is 5.32 Å². The van der Waals surface area contributed by atoms with Gasteiger partial charge in [0.25, 0.3) is 0 Å². The second-order valence-electron chi connectivity index (χ2n) is 4.62.